The van der Waals surface area contributed by atoms with Gasteiger partial charge in [-0.1, -0.05) is 12.1 Å². The lowest BCUT2D eigenvalue weighted by Gasteiger charge is -2.06. The fourth-order valence-corrected chi connectivity index (χ4v) is 3.15. The second kappa shape index (κ2) is 8.52. The average Bonchev–Trinajstić information content (AvgIpc) is 2.89. The Morgan fingerprint density at radius 1 is 1.25 bits per heavy atom. The molecule has 0 fully saturated rings. The minimum Gasteiger partial charge on any atom is -0.380 e. The minimum atomic E-state index is -0.710. The topological polar surface area (TPSA) is 38.3 Å². The van der Waals surface area contributed by atoms with Crippen molar-refractivity contribution >= 4 is 32.2 Å². The molecule has 110 valence electrons. The standard InChI is InChI=1S/C15H21NO2S2/c1-20(17)11-7-16-6-9-18-8-4-13-2-3-15-14(12-13)5-10-19-15/h2-3,5,10,12,16H,4,6-9,11H2,1H3. The molecule has 1 N–H and O–H groups in total. The largest absolute Gasteiger partial charge is 0.380 e. The van der Waals surface area contributed by atoms with Crippen molar-refractivity contribution < 1.29 is 8.95 Å². The lowest BCUT2D eigenvalue weighted by atomic mass is 10.1. The number of hydrogen-bond donors (Lipinski definition) is 1. The SMILES string of the molecule is CS(=O)CCNCCOCCc1ccc2sccc2c1. The first kappa shape index (κ1) is 15.6. The smallest absolute Gasteiger partial charge is 0.0591 e. The van der Waals surface area contributed by atoms with E-state index in [0.29, 0.717) is 12.4 Å². The molecule has 1 heterocycles. The summed E-state index contributed by atoms with van der Waals surface area (Å²) in [6.07, 6.45) is 2.67. The molecule has 0 aliphatic heterocycles. The van der Waals surface area contributed by atoms with Gasteiger partial charge in [-0.05, 0) is 34.9 Å². The van der Waals surface area contributed by atoms with Crippen LogP contribution in [-0.4, -0.2) is 42.5 Å². The fraction of sp³-hybridized carbons (Fsp3) is 0.467. The summed E-state index contributed by atoms with van der Waals surface area (Å²) in [5, 5.41) is 6.67. The van der Waals surface area contributed by atoms with E-state index >= 15 is 0 Å². The third-order valence-electron chi connectivity index (χ3n) is 3.04. The molecule has 0 spiro atoms. The van der Waals surface area contributed by atoms with E-state index in [0.717, 1.165) is 26.1 Å². The van der Waals surface area contributed by atoms with Crippen LogP contribution >= 0.6 is 11.3 Å². The van der Waals surface area contributed by atoms with Gasteiger partial charge in [0.15, 0.2) is 0 Å². The summed E-state index contributed by atoms with van der Waals surface area (Å²) in [5.74, 6) is 0.709. The zero-order valence-corrected chi connectivity index (χ0v) is 13.4. The molecule has 0 bridgehead atoms. The Morgan fingerprint density at radius 3 is 3.00 bits per heavy atom. The van der Waals surface area contributed by atoms with Crippen LogP contribution in [0.15, 0.2) is 29.6 Å². The maximum Gasteiger partial charge on any atom is 0.0591 e. The van der Waals surface area contributed by atoms with Crippen molar-refractivity contribution in [2.24, 2.45) is 0 Å². The van der Waals surface area contributed by atoms with Gasteiger partial charge in [0.1, 0.15) is 0 Å². The predicted octanol–water partition coefficient (Wildman–Crippen LogP) is 2.43. The van der Waals surface area contributed by atoms with Gasteiger partial charge in [-0.25, -0.2) is 0 Å². The number of rotatable bonds is 9. The summed E-state index contributed by atoms with van der Waals surface area (Å²) in [6, 6.07) is 8.76. The van der Waals surface area contributed by atoms with Crippen molar-refractivity contribution in [3.63, 3.8) is 0 Å². The Labute approximate surface area is 126 Å². The van der Waals surface area contributed by atoms with Crippen molar-refractivity contribution in [2.45, 2.75) is 6.42 Å². The molecule has 2 aromatic rings. The summed E-state index contributed by atoms with van der Waals surface area (Å²) in [5.41, 5.74) is 1.32. The van der Waals surface area contributed by atoms with Crippen LogP contribution in [0.25, 0.3) is 10.1 Å². The number of hydrogen-bond acceptors (Lipinski definition) is 4. The van der Waals surface area contributed by atoms with E-state index in [9.17, 15) is 4.21 Å². The molecule has 1 aromatic heterocycles. The van der Waals surface area contributed by atoms with Gasteiger partial charge >= 0.3 is 0 Å². The molecule has 1 atom stereocenters. The zero-order valence-electron chi connectivity index (χ0n) is 11.8. The van der Waals surface area contributed by atoms with Gasteiger partial charge in [0, 0.05) is 40.6 Å². The summed E-state index contributed by atoms with van der Waals surface area (Å²) in [4.78, 5) is 0. The monoisotopic (exact) mass is 311 g/mol. The molecule has 0 aliphatic carbocycles. The highest BCUT2D eigenvalue weighted by molar-refractivity contribution is 7.84. The van der Waals surface area contributed by atoms with Gasteiger partial charge in [0.25, 0.3) is 0 Å². The van der Waals surface area contributed by atoms with E-state index in [2.05, 4.69) is 35.0 Å². The fourth-order valence-electron chi connectivity index (χ4n) is 1.95. The molecule has 5 heteroatoms. The summed E-state index contributed by atoms with van der Waals surface area (Å²) in [6.45, 7) is 3.07. The van der Waals surface area contributed by atoms with Crippen LogP contribution in [-0.2, 0) is 22.0 Å². The van der Waals surface area contributed by atoms with E-state index < -0.39 is 10.8 Å². The zero-order chi connectivity index (χ0) is 14.2. The maximum atomic E-state index is 10.9. The van der Waals surface area contributed by atoms with Gasteiger partial charge in [0.2, 0.25) is 0 Å². The van der Waals surface area contributed by atoms with Crippen molar-refractivity contribution in [3.05, 3.63) is 35.2 Å². The van der Waals surface area contributed by atoms with E-state index in [1.807, 2.05) is 0 Å². The Balaban J connectivity index is 1.57. The average molecular weight is 311 g/mol. The van der Waals surface area contributed by atoms with Gasteiger partial charge in [-0.15, -0.1) is 11.3 Å². The number of fused-ring (bicyclic) bond motifs is 1. The van der Waals surface area contributed by atoms with Gasteiger partial charge < -0.3 is 10.1 Å². The number of thiophene rings is 1. The van der Waals surface area contributed by atoms with Crippen molar-refractivity contribution in [3.8, 4) is 0 Å². The third-order valence-corrected chi connectivity index (χ3v) is 4.72. The van der Waals surface area contributed by atoms with E-state index in [4.69, 9.17) is 4.74 Å². The van der Waals surface area contributed by atoms with Crippen LogP contribution in [0.5, 0.6) is 0 Å². The second-order valence-corrected chi connectivity index (χ2v) is 7.18. The molecular weight excluding hydrogens is 290 g/mol. The Hall–Kier alpha value is -0.750. The maximum absolute atomic E-state index is 10.9. The van der Waals surface area contributed by atoms with Crippen LogP contribution < -0.4 is 5.32 Å². The van der Waals surface area contributed by atoms with Gasteiger partial charge in [-0.3, -0.25) is 4.21 Å². The number of benzene rings is 1. The van der Waals surface area contributed by atoms with E-state index in [1.54, 1.807) is 17.6 Å². The highest BCUT2D eigenvalue weighted by atomic mass is 32.2. The molecule has 2 rings (SSSR count). The minimum absolute atomic E-state index is 0.705. The first-order chi connectivity index (χ1) is 9.75. The number of nitrogens with one attached hydrogen (secondary N) is 1. The van der Waals surface area contributed by atoms with Gasteiger partial charge in [0.05, 0.1) is 13.2 Å². The van der Waals surface area contributed by atoms with E-state index in [1.165, 1.54) is 15.6 Å². The Bertz CT molecular complexity index is 554. The highest BCUT2D eigenvalue weighted by Gasteiger charge is 1.98. The van der Waals surface area contributed by atoms with Crippen LogP contribution in [0, 0.1) is 0 Å². The van der Waals surface area contributed by atoms with Crippen LogP contribution in [0.3, 0.4) is 0 Å². The lowest BCUT2D eigenvalue weighted by molar-refractivity contribution is 0.139. The van der Waals surface area contributed by atoms with Crippen LogP contribution in [0.2, 0.25) is 0 Å². The second-order valence-electron chi connectivity index (χ2n) is 4.68. The third kappa shape index (κ3) is 5.32. The predicted molar refractivity (Wildman–Crippen MR) is 88.2 cm³/mol. The molecule has 3 nitrogen and oxygen atoms in total. The van der Waals surface area contributed by atoms with Crippen molar-refractivity contribution in [1.29, 1.82) is 0 Å². The van der Waals surface area contributed by atoms with Crippen LogP contribution in [0.1, 0.15) is 5.56 Å². The van der Waals surface area contributed by atoms with Crippen molar-refractivity contribution in [1.82, 2.24) is 5.32 Å². The molecule has 20 heavy (non-hydrogen) atoms. The number of ether oxygens (including phenoxy) is 1. The van der Waals surface area contributed by atoms with Crippen LogP contribution in [0.4, 0.5) is 0 Å². The molecular formula is C15H21NO2S2. The molecule has 0 saturated heterocycles. The molecule has 0 saturated carbocycles. The van der Waals surface area contributed by atoms with E-state index in [-0.39, 0.29) is 0 Å². The Morgan fingerprint density at radius 2 is 2.15 bits per heavy atom. The summed E-state index contributed by atoms with van der Waals surface area (Å²) in [7, 11) is -0.710. The molecule has 1 aromatic carbocycles. The Kier molecular flexibility index (Phi) is 6.66. The normalized spacial score (nSPS) is 12.8. The summed E-state index contributed by atoms with van der Waals surface area (Å²) >= 11 is 1.78. The molecule has 1 unspecified atom stereocenters. The highest BCUT2D eigenvalue weighted by Crippen LogP contribution is 2.21. The molecule has 0 radical (unpaired) electrons. The summed E-state index contributed by atoms with van der Waals surface area (Å²) < 4.78 is 17.8. The quantitative estimate of drug-likeness (QED) is 0.723. The molecule has 0 aliphatic rings. The van der Waals surface area contributed by atoms with Crippen molar-refractivity contribution in [2.75, 3.05) is 38.3 Å². The van der Waals surface area contributed by atoms with Gasteiger partial charge in [-0.2, -0.15) is 0 Å². The molecule has 0 amide bonds. The first-order valence-corrected chi connectivity index (χ1v) is 9.41. The first-order valence-electron chi connectivity index (χ1n) is 6.80. The lowest BCUT2D eigenvalue weighted by Crippen LogP contribution is -2.24.